The molecule has 4 rings (SSSR count). The number of ether oxygens (including phenoxy) is 1. The average Bonchev–Trinajstić information content (AvgIpc) is 3.03. The van der Waals surface area contributed by atoms with Gasteiger partial charge in [-0.25, -0.2) is 0 Å². The van der Waals surface area contributed by atoms with Crippen LogP contribution in [0.15, 0.2) is 73.1 Å². The van der Waals surface area contributed by atoms with Gasteiger partial charge in [-0.3, -0.25) is 4.98 Å². The van der Waals surface area contributed by atoms with Crippen LogP contribution in [0.4, 0.5) is 0 Å². The fraction of sp³-hybridized carbons (Fsp3) is 0.136. The number of benzene rings is 2. The molecule has 0 saturated carbocycles. The lowest BCUT2D eigenvalue weighted by atomic mass is 9.99. The normalized spacial score (nSPS) is 11.0. The number of methoxy groups -OCH3 is 1. The summed E-state index contributed by atoms with van der Waals surface area (Å²) < 4.78 is 7.69. The van der Waals surface area contributed by atoms with E-state index in [2.05, 4.69) is 58.9 Å². The van der Waals surface area contributed by atoms with Crippen LogP contribution in [0.3, 0.4) is 0 Å². The third kappa shape index (κ3) is 2.58. The van der Waals surface area contributed by atoms with Crippen molar-refractivity contribution in [1.29, 1.82) is 0 Å². The second-order valence-corrected chi connectivity index (χ2v) is 5.96. The summed E-state index contributed by atoms with van der Waals surface area (Å²) in [5, 5.41) is 1.26. The van der Waals surface area contributed by atoms with Crippen LogP contribution >= 0.6 is 0 Å². The molecule has 0 fully saturated rings. The predicted molar refractivity (Wildman–Crippen MR) is 103 cm³/mol. The zero-order valence-electron chi connectivity index (χ0n) is 14.4. The van der Waals surface area contributed by atoms with Crippen LogP contribution in [-0.4, -0.2) is 16.7 Å². The Labute approximate surface area is 147 Å². The molecule has 3 nitrogen and oxygen atoms in total. The largest absolute Gasteiger partial charge is 0.497 e. The Kier molecular flexibility index (Phi) is 3.98. The van der Waals surface area contributed by atoms with E-state index >= 15 is 0 Å². The van der Waals surface area contributed by atoms with Crippen molar-refractivity contribution in [3.05, 3.63) is 73.1 Å². The molecule has 0 atom stereocenters. The summed E-state index contributed by atoms with van der Waals surface area (Å²) >= 11 is 0. The molecule has 4 aromatic rings. The summed E-state index contributed by atoms with van der Waals surface area (Å²) in [6.07, 6.45) is 3.75. The Bertz CT molecular complexity index is 1000. The molecule has 0 spiro atoms. The SMILES string of the molecule is CCn1c(-c2cccnc2)c(-c2ccc(OC)cc2)c2ccccc21. The van der Waals surface area contributed by atoms with E-state index in [4.69, 9.17) is 4.74 Å². The summed E-state index contributed by atoms with van der Waals surface area (Å²) in [7, 11) is 1.69. The van der Waals surface area contributed by atoms with Crippen LogP contribution in [0.25, 0.3) is 33.3 Å². The molecule has 0 bridgehead atoms. The van der Waals surface area contributed by atoms with Crippen LogP contribution in [0.2, 0.25) is 0 Å². The minimum absolute atomic E-state index is 0.867. The third-order valence-electron chi connectivity index (χ3n) is 4.60. The summed E-state index contributed by atoms with van der Waals surface area (Å²) in [4.78, 5) is 4.34. The van der Waals surface area contributed by atoms with E-state index in [0.29, 0.717) is 0 Å². The molecular formula is C22H20N2O. The molecule has 124 valence electrons. The average molecular weight is 328 g/mol. The maximum Gasteiger partial charge on any atom is 0.118 e. The van der Waals surface area contributed by atoms with E-state index in [0.717, 1.165) is 17.9 Å². The predicted octanol–water partition coefficient (Wildman–Crippen LogP) is 5.40. The van der Waals surface area contributed by atoms with Gasteiger partial charge in [-0.1, -0.05) is 30.3 Å². The first kappa shape index (κ1) is 15.5. The molecule has 2 aromatic carbocycles. The van der Waals surface area contributed by atoms with Crippen molar-refractivity contribution in [2.75, 3.05) is 7.11 Å². The highest BCUT2D eigenvalue weighted by Gasteiger charge is 2.19. The molecule has 3 heteroatoms. The molecular weight excluding hydrogens is 308 g/mol. The van der Waals surface area contributed by atoms with Crippen molar-refractivity contribution >= 4 is 10.9 Å². The number of hydrogen-bond donors (Lipinski definition) is 0. The van der Waals surface area contributed by atoms with Gasteiger partial charge in [0.1, 0.15) is 5.75 Å². The van der Waals surface area contributed by atoms with Gasteiger partial charge >= 0.3 is 0 Å². The molecule has 0 aliphatic rings. The van der Waals surface area contributed by atoms with Gasteiger partial charge in [0.25, 0.3) is 0 Å². The first-order chi connectivity index (χ1) is 12.3. The van der Waals surface area contributed by atoms with E-state index < -0.39 is 0 Å². The summed E-state index contributed by atoms with van der Waals surface area (Å²) in [6, 6.07) is 21.0. The van der Waals surface area contributed by atoms with E-state index in [-0.39, 0.29) is 0 Å². The molecule has 0 amide bonds. The van der Waals surface area contributed by atoms with Crippen LogP contribution in [0, 0.1) is 0 Å². The topological polar surface area (TPSA) is 27.1 Å². The minimum atomic E-state index is 0.867. The van der Waals surface area contributed by atoms with Crippen molar-refractivity contribution in [1.82, 2.24) is 9.55 Å². The number of nitrogens with zero attached hydrogens (tertiary/aromatic N) is 2. The van der Waals surface area contributed by atoms with Gasteiger partial charge in [-0.15, -0.1) is 0 Å². The van der Waals surface area contributed by atoms with E-state index in [9.17, 15) is 0 Å². The van der Waals surface area contributed by atoms with Gasteiger partial charge in [-0.05, 0) is 42.8 Å². The lowest BCUT2D eigenvalue weighted by molar-refractivity contribution is 0.415. The number of aromatic nitrogens is 2. The second-order valence-electron chi connectivity index (χ2n) is 5.96. The zero-order chi connectivity index (χ0) is 17.2. The van der Waals surface area contributed by atoms with Gasteiger partial charge < -0.3 is 9.30 Å². The highest BCUT2D eigenvalue weighted by molar-refractivity contribution is 6.04. The van der Waals surface area contributed by atoms with Crippen molar-refractivity contribution in [2.45, 2.75) is 13.5 Å². The molecule has 25 heavy (non-hydrogen) atoms. The number of aryl methyl sites for hydroxylation is 1. The molecule has 0 aliphatic carbocycles. The van der Waals surface area contributed by atoms with E-state index in [1.54, 1.807) is 7.11 Å². The fourth-order valence-electron chi connectivity index (χ4n) is 3.48. The van der Waals surface area contributed by atoms with E-state index in [1.807, 2.05) is 30.6 Å². The Morgan fingerprint density at radius 1 is 0.920 bits per heavy atom. The van der Waals surface area contributed by atoms with Gasteiger partial charge in [0.05, 0.1) is 12.8 Å². The maximum atomic E-state index is 5.32. The number of fused-ring (bicyclic) bond motifs is 1. The number of rotatable bonds is 4. The highest BCUT2D eigenvalue weighted by Crippen LogP contribution is 2.41. The Hall–Kier alpha value is -3.07. The number of hydrogen-bond acceptors (Lipinski definition) is 2. The standard InChI is InChI=1S/C22H20N2O/c1-3-24-20-9-5-4-8-19(20)21(16-10-12-18(25-2)13-11-16)22(24)17-7-6-14-23-15-17/h4-15H,3H2,1-2H3. The molecule has 2 aromatic heterocycles. The van der Waals surface area contributed by atoms with Crippen molar-refractivity contribution in [3.8, 4) is 28.1 Å². The maximum absolute atomic E-state index is 5.32. The lowest BCUT2D eigenvalue weighted by Crippen LogP contribution is -1.97. The molecule has 2 heterocycles. The quantitative estimate of drug-likeness (QED) is 0.501. The Balaban J connectivity index is 2.07. The minimum Gasteiger partial charge on any atom is -0.497 e. The molecule has 0 aliphatic heterocycles. The molecule has 0 unspecified atom stereocenters. The first-order valence-electron chi connectivity index (χ1n) is 8.49. The van der Waals surface area contributed by atoms with Gasteiger partial charge in [0.15, 0.2) is 0 Å². The van der Waals surface area contributed by atoms with Gasteiger partial charge in [0.2, 0.25) is 0 Å². The first-order valence-corrected chi connectivity index (χ1v) is 8.49. The lowest BCUT2D eigenvalue weighted by Gasteiger charge is -2.11. The Morgan fingerprint density at radius 2 is 1.72 bits per heavy atom. The third-order valence-corrected chi connectivity index (χ3v) is 4.60. The van der Waals surface area contributed by atoms with Crippen LogP contribution in [-0.2, 0) is 6.54 Å². The monoisotopic (exact) mass is 328 g/mol. The van der Waals surface area contributed by atoms with Gasteiger partial charge in [0, 0.05) is 41.0 Å². The molecule has 0 N–H and O–H groups in total. The summed E-state index contributed by atoms with van der Waals surface area (Å²) in [6.45, 7) is 3.09. The second kappa shape index (κ2) is 6.44. The highest BCUT2D eigenvalue weighted by atomic mass is 16.5. The summed E-state index contributed by atoms with van der Waals surface area (Å²) in [5.41, 5.74) is 6.01. The van der Waals surface area contributed by atoms with Crippen molar-refractivity contribution < 1.29 is 4.74 Å². The van der Waals surface area contributed by atoms with Crippen molar-refractivity contribution in [2.24, 2.45) is 0 Å². The fourth-order valence-corrected chi connectivity index (χ4v) is 3.48. The van der Waals surface area contributed by atoms with Crippen LogP contribution in [0.5, 0.6) is 5.75 Å². The number of para-hydroxylation sites is 1. The van der Waals surface area contributed by atoms with E-state index in [1.165, 1.54) is 27.7 Å². The van der Waals surface area contributed by atoms with Crippen LogP contribution in [0.1, 0.15) is 6.92 Å². The Morgan fingerprint density at radius 3 is 2.40 bits per heavy atom. The molecule has 0 saturated heterocycles. The smallest absolute Gasteiger partial charge is 0.118 e. The summed E-state index contributed by atoms with van der Waals surface area (Å²) in [5.74, 6) is 0.867. The van der Waals surface area contributed by atoms with Crippen molar-refractivity contribution in [3.63, 3.8) is 0 Å². The zero-order valence-corrected chi connectivity index (χ0v) is 14.4. The number of pyridine rings is 1. The van der Waals surface area contributed by atoms with Gasteiger partial charge in [-0.2, -0.15) is 0 Å². The van der Waals surface area contributed by atoms with Crippen LogP contribution < -0.4 is 4.74 Å². The molecule has 0 radical (unpaired) electrons.